The molecule has 2 aromatic carbocycles. The molecule has 6 heteroatoms. The maximum absolute atomic E-state index is 12.5. The first-order chi connectivity index (χ1) is 13.5. The molecule has 0 radical (unpaired) electrons. The van der Waals surface area contributed by atoms with Crippen molar-refractivity contribution in [2.75, 3.05) is 6.54 Å². The predicted octanol–water partition coefficient (Wildman–Crippen LogP) is 5.22. The fraction of sp³-hybridized carbons (Fsp3) is 0.227. The molecule has 0 spiro atoms. The molecule has 1 saturated heterocycles. The molecule has 144 valence electrons. The van der Waals surface area contributed by atoms with Crippen LogP contribution in [0.15, 0.2) is 53.4 Å². The van der Waals surface area contributed by atoms with E-state index in [0.29, 0.717) is 27.1 Å². The highest BCUT2D eigenvalue weighted by Crippen LogP contribution is 2.33. The summed E-state index contributed by atoms with van der Waals surface area (Å²) >= 11 is 6.64. The van der Waals surface area contributed by atoms with E-state index in [2.05, 4.69) is 6.92 Å². The zero-order valence-corrected chi connectivity index (χ0v) is 17.4. The molecule has 0 N–H and O–H groups in total. The minimum atomic E-state index is -0.395. The smallest absolute Gasteiger partial charge is 0.343 e. The Morgan fingerprint density at radius 3 is 2.64 bits per heavy atom. The van der Waals surface area contributed by atoms with Crippen LogP contribution in [0.3, 0.4) is 0 Å². The highest BCUT2D eigenvalue weighted by atomic mass is 32.2. The summed E-state index contributed by atoms with van der Waals surface area (Å²) in [5.41, 5.74) is 2.37. The molecule has 0 atom stereocenters. The van der Waals surface area contributed by atoms with E-state index in [1.165, 1.54) is 11.8 Å². The summed E-state index contributed by atoms with van der Waals surface area (Å²) in [6.45, 7) is 4.67. The molecule has 0 unspecified atom stereocenters. The van der Waals surface area contributed by atoms with Gasteiger partial charge in [0.15, 0.2) is 0 Å². The average Bonchev–Trinajstić information content (AvgIpc) is 2.94. The summed E-state index contributed by atoms with van der Waals surface area (Å²) in [5, 5.41) is 0. The number of esters is 1. The summed E-state index contributed by atoms with van der Waals surface area (Å²) in [4.78, 5) is 27.0. The van der Waals surface area contributed by atoms with Crippen LogP contribution < -0.4 is 4.74 Å². The number of hydrogen-bond acceptors (Lipinski definition) is 5. The first-order valence-electron chi connectivity index (χ1n) is 9.12. The molecule has 2 aromatic rings. The number of unbranched alkanes of at least 4 members (excludes halogenated alkanes) is 1. The summed E-state index contributed by atoms with van der Waals surface area (Å²) in [6.07, 6.45) is 3.76. The van der Waals surface area contributed by atoms with Crippen molar-refractivity contribution in [2.24, 2.45) is 0 Å². The number of thiocarbonyl (C=S) groups is 1. The number of aryl methyl sites for hydroxylation is 1. The zero-order valence-electron chi connectivity index (χ0n) is 15.8. The monoisotopic (exact) mass is 411 g/mol. The van der Waals surface area contributed by atoms with E-state index in [-0.39, 0.29) is 5.91 Å². The lowest BCUT2D eigenvalue weighted by atomic mass is 10.1. The zero-order chi connectivity index (χ0) is 20.1. The number of amides is 1. The molecule has 1 aliphatic heterocycles. The lowest BCUT2D eigenvalue weighted by Gasteiger charge is -2.13. The van der Waals surface area contributed by atoms with Crippen LogP contribution in [-0.4, -0.2) is 27.6 Å². The van der Waals surface area contributed by atoms with Gasteiger partial charge in [-0.15, -0.1) is 0 Å². The molecule has 1 aliphatic rings. The van der Waals surface area contributed by atoms with Crippen LogP contribution in [0.2, 0.25) is 0 Å². The number of nitrogens with zero attached hydrogens (tertiary/aromatic N) is 1. The van der Waals surface area contributed by atoms with Crippen molar-refractivity contribution in [1.82, 2.24) is 4.90 Å². The molecule has 1 heterocycles. The standard InChI is InChI=1S/C22H21NO3S2/c1-3-4-12-23-20(24)19(28-22(23)27)14-16-8-10-18(11-9-16)26-21(25)17-7-5-6-15(2)13-17/h5-11,13-14H,3-4,12H2,1-2H3. The van der Waals surface area contributed by atoms with Gasteiger partial charge in [0.2, 0.25) is 0 Å². The van der Waals surface area contributed by atoms with E-state index < -0.39 is 5.97 Å². The second kappa shape index (κ2) is 9.17. The number of ether oxygens (including phenoxy) is 1. The van der Waals surface area contributed by atoms with Gasteiger partial charge in [-0.2, -0.15) is 0 Å². The topological polar surface area (TPSA) is 46.6 Å². The third kappa shape index (κ3) is 4.88. The van der Waals surface area contributed by atoms with Gasteiger partial charge in [0, 0.05) is 6.54 Å². The van der Waals surface area contributed by atoms with Gasteiger partial charge in [0.05, 0.1) is 10.5 Å². The van der Waals surface area contributed by atoms with E-state index >= 15 is 0 Å². The van der Waals surface area contributed by atoms with Crippen LogP contribution >= 0.6 is 24.0 Å². The summed E-state index contributed by atoms with van der Waals surface area (Å²) in [6, 6.07) is 14.3. The number of benzene rings is 2. The van der Waals surface area contributed by atoms with Crippen molar-refractivity contribution in [3.8, 4) is 5.75 Å². The van der Waals surface area contributed by atoms with E-state index in [1.807, 2.05) is 37.3 Å². The van der Waals surface area contributed by atoms with Crippen molar-refractivity contribution in [3.63, 3.8) is 0 Å². The summed E-state index contributed by atoms with van der Waals surface area (Å²) < 4.78 is 6.02. The predicted molar refractivity (Wildman–Crippen MR) is 117 cm³/mol. The molecule has 0 bridgehead atoms. The molecule has 4 nitrogen and oxygen atoms in total. The van der Waals surface area contributed by atoms with Crippen LogP contribution in [0.1, 0.15) is 41.3 Å². The number of hydrogen-bond donors (Lipinski definition) is 0. The first kappa shape index (κ1) is 20.3. The van der Waals surface area contributed by atoms with Gasteiger partial charge >= 0.3 is 5.97 Å². The molecular weight excluding hydrogens is 390 g/mol. The Kier molecular flexibility index (Phi) is 6.65. The van der Waals surface area contributed by atoms with Crippen molar-refractivity contribution in [2.45, 2.75) is 26.7 Å². The molecule has 0 aromatic heterocycles. The molecule has 0 saturated carbocycles. The van der Waals surface area contributed by atoms with E-state index in [9.17, 15) is 9.59 Å². The van der Waals surface area contributed by atoms with Crippen LogP contribution in [0.5, 0.6) is 5.75 Å². The average molecular weight is 412 g/mol. The van der Waals surface area contributed by atoms with Crippen molar-refractivity contribution in [1.29, 1.82) is 0 Å². The van der Waals surface area contributed by atoms with Gasteiger partial charge in [-0.3, -0.25) is 9.69 Å². The normalized spacial score (nSPS) is 15.4. The molecular formula is C22H21NO3S2. The lowest BCUT2D eigenvalue weighted by molar-refractivity contribution is -0.122. The largest absolute Gasteiger partial charge is 0.423 e. The van der Waals surface area contributed by atoms with Gasteiger partial charge in [-0.1, -0.05) is 67.2 Å². The summed E-state index contributed by atoms with van der Waals surface area (Å²) in [7, 11) is 0. The number of carbonyl (C=O) groups is 2. The third-order valence-electron chi connectivity index (χ3n) is 4.25. The number of rotatable bonds is 6. The van der Waals surface area contributed by atoms with E-state index in [0.717, 1.165) is 24.0 Å². The Balaban J connectivity index is 1.67. The van der Waals surface area contributed by atoms with Crippen molar-refractivity contribution >= 4 is 46.3 Å². The minimum absolute atomic E-state index is 0.0431. The van der Waals surface area contributed by atoms with Gasteiger partial charge < -0.3 is 4.74 Å². The van der Waals surface area contributed by atoms with Crippen LogP contribution in [0, 0.1) is 6.92 Å². The quantitative estimate of drug-likeness (QED) is 0.282. The Labute approximate surface area is 174 Å². The number of carbonyl (C=O) groups excluding carboxylic acids is 2. The van der Waals surface area contributed by atoms with Crippen LogP contribution in [0.4, 0.5) is 0 Å². The van der Waals surface area contributed by atoms with E-state index in [4.69, 9.17) is 17.0 Å². The van der Waals surface area contributed by atoms with Gasteiger partial charge in [0.25, 0.3) is 5.91 Å². The minimum Gasteiger partial charge on any atom is -0.423 e. The van der Waals surface area contributed by atoms with Crippen LogP contribution in [-0.2, 0) is 4.79 Å². The molecule has 3 rings (SSSR count). The Morgan fingerprint density at radius 2 is 1.96 bits per heavy atom. The van der Waals surface area contributed by atoms with Gasteiger partial charge in [0.1, 0.15) is 10.1 Å². The third-order valence-corrected chi connectivity index (χ3v) is 5.63. The fourth-order valence-corrected chi connectivity index (χ4v) is 4.04. The number of thioether (sulfide) groups is 1. The maximum Gasteiger partial charge on any atom is 0.343 e. The Morgan fingerprint density at radius 1 is 1.21 bits per heavy atom. The van der Waals surface area contributed by atoms with E-state index in [1.54, 1.807) is 29.2 Å². The first-order valence-corrected chi connectivity index (χ1v) is 10.3. The molecule has 1 fully saturated rings. The van der Waals surface area contributed by atoms with Gasteiger partial charge in [-0.05, 0) is 49.2 Å². The van der Waals surface area contributed by atoms with Gasteiger partial charge in [-0.25, -0.2) is 4.79 Å². The molecule has 1 amide bonds. The molecule has 28 heavy (non-hydrogen) atoms. The second-order valence-corrected chi connectivity index (χ2v) is 8.19. The van der Waals surface area contributed by atoms with Crippen LogP contribution in [0.25, 0.3) is 6.08 Å². The SMILES string of the molecule is CCCCN1C(=O)C(=Cc2ccc(OC(=O)c3cccc(C)c3)cc2)SC1=S. The maximum atomic E-state index is 12.5. The van der Waals surface area contributed by atoms with Crippen molar-refractivity contribution < 1.29 is 14.3 Å². The fourth-order valence-electron chi connectivity index (χ4n) is 2.73. The Hall–Kier alpha value is -2.44. The highest BCUT2D eigenvalue weighted by Gasteiger charge is 2.31. The Bertz CT molecular complexity index is 935. The van der Waals surface area contributed by atoms with Crippen molar-refractivity contribution in [3.05, 3.63) is 70.1 Å². The lowest BCUT2D eigenvalue weighted by Crippen LogP contribution is -2.28. The summed E-state index contributed by atoms with van der Waals surface area (Å²) in [5.74, 6) is 0.0193. The highest BCUT2D eigenvalue weighted by molar-refractivity contribution is 8.26. The molecule has 0 aliphatic carbocycles. The second-order valence-electron chi connectivity index (χ2n) is 6.51.